The summed E-state index contributed by atoms with van der Waals surface area (Å²) in [6, 6.07) is 1.93. The van der Waals surface area contributed by atoms with Crippen LogP contribution in [0.25, 0.3) is 11.4 Å². The smallest absolute Gasteiger partial charge is 0.239 e. The minimum absolute atomic E-state index is 0.0169. The molecular weight excluding hydrogens is 238 g/mol. The Hall–Kier alpha value is -1.69. The van der Waals surface area contributed by atoms with Gasteiger partial charge in [0.15, 0.2) is 0 Å². The normalized spacial score (nSPS) is 20.2. The van der Waals surface area contributed by atoms with Crippen molar-refractivity contribution < 1.29 is 9.32 Å². The number of amides is 1. The van der Waals surface area contributed by atoms with E-state index in [1.54, 1.807) is 11.3 Å². The van der Waals surface area contributed by atoms with E-state index in [4.69, 9.17) is 4.52 Å². The monoisotopic (exact) mass is 249 g/mol. The van der Waals surface area contributed by atoms with Crippen molar-refractivity contribution >= 4 is 17.2 Å². The summed E-state index contributed by atoms with van der Waals surface area (Å²) < 4.78 is 5.18. The van der Waals surface area contributed by atoms with Crippen molar-refractivity contribution in [1.29, 1.82) is 0 Å². The van der Waals surface area contributed by atoms with Crippen LogP contribution in [0.3, 0.4) is 0 Å². The van der Waals surface area contributed by atoms with E-state index in [-0.39, 0.29) is 11.8 Å². The lowest BCUT2D eigenvalue weighted by atomic mass is 9.99. The van der Waals surface area contributed by atoms with Crippen molar-refractivity contribution in [2.75, 3.05) is 6.54 Å². The van der Waals surface area contributed by atoms with Crippen molar-refractivity contribution in [1.82, 2.24) is 15.5 Å². The summed E-state index contributed by atoms with van der Waals surface area (Å²) in [7, 11) is 0. The number of rotatable bonds is 2. The van der Waals surface area contributed by atoms with Gasteiger partial charge in [-0.3, -0.25) is 4.79 Å². The van der Waals surface area contributed by atoms with Gasteiger partial charge in [0.05, 0.1) is 0 Å². The maximum absolute atomic E-state index is 11.7. The third-order valence-electron chi connectivity index (χ3n) is 2.80. The lowest BCUT2D eigenvalue weighted by Gasteiger charge is -2.17. The van der Waals surface area contributed by atoms with Crippen LogP contribution in [0.5, 0.6) is 0 Å². The predicted octanol–water partition coefficient (Wildman–Crippen LogP) is 1.79. The van der Waals surface area contributed by atoms with Gasteiger partial charge < -0.3 is 9.84 Å². The van der Waals surface area contributed by atoms with Gasteiger partial charge in [-0.05, 0) is 24.3 Å². The largest absolute Gasteiger partial charge is 0.355 e. The molecule has 1 atom stereocenters. The van der Waals surface area contributed by atoms with Crippen LogP contribution in [0.2, 0.25) is 0 Å². The molecule has 0 spiro atoms. The number of carbonyl (C=O) groups excluding carboxylic acids is 1. The first-order valence-electron chi connectivity index (χ1n) is 5.48. The third-order valence-corrected chi connectivity index (χ3v) is 3.49. The van der Waals surface area contributed by atoms with Crippen molar-refractivity contribution in [3.63, 3.8) is 0 Å². The van der Waals surface area contributed by atoms with Gasteiger partial charge >= 0.3 is 0 Å². The summed E-state index contributed by atoms with van der Waals surface area (Å²) in [4.78, 5) is 15.9. The topological polar surface area (TPSA) is 68.0 Å². The molecule has 0 saturated carbocycles. The van der Waals surface area contributed by atoms with Gasteiger partial charge in [0.2, 0.25) is 17.6 Å². The standard InChI is InChI=1S/C11H11N3O2S/c15-10-8(2-1-4-12-10)11-13-9(14-16-11)7-3-5-17-6-7/h3,5-6,8H,1-2,4H2,(H,12,15)/t8-/m1/s1. The Kier molecular flexibility index (Phi) is 2.64. The second-order valence-corrected chi connectivity index (χ2v) is 4.73. The fourth-order valence-corrected chi connectivity index (χ4v) is 2.53. The molecule has 1 saturated heterocycles. The number of nitrogens with one attached hydrogen (secondary N) is 1. The maximum atomic E-state index is 11.7. The number of thiophene rings is 1. The molecule has 3 rings (SSSR count). The van der Waals surface area contributed by atoms with E-state index in [0.29, 0.717) is 11.7 Å². The van der Waals surface area contributed by atoms with Crippen LogP contribution in [-0.4, -0.2) is 22.6 Å². The number of carbonyl (C=O) groups is 1. The Morgan fingerprint density at radius 2 is 2.47 bits per heavy atom. The fourth-order valence-electron chi connectivity index (χ4n) is 1.89. The molecule has 0 unspecified atom stereocenters. The first-order valence-corrected chi connectivity index (χ1v) is 6.43. The van der Waals surface area contributed by atoms with E-state index >= 15 is 0 Å². The van der Waals surface area contributed by atoms with Crippen molar-refractivity contribution in [2.24, 2.45) is 0 Å². The Bertz CT molecular complexity index is 521. The molecule has 3 heterocycles. The molecule has 1 aliphatic heterocycles. The van der Waals surface area contributed by atoms with Crippen LogP contribution in [0.4, 0.5) is 0 Å². The summed E-state index contributed by atoms with van der Waals surface area (Å²) in [5.74, 6) is 0.670. The van der Waals surface area contributed by atoms with Gasteiger partial charge in [0.25, 0.3) is 0 Å². The third kappa shape index (κ3) is 1.95. The zero-order valence-corrected chi connectivity index (χ0v) is 9.87. The number of hydrogen-bond acceptors (Lipinski definition) is 5. The maximum Gasteiger partial charge on any atom is 0.239 e. The molecule has 1 aliphatic rings. The van der Waals surface area contributed by atoms with E-state index in [9.17, 15) is 4.79 Å². The quantitative estimate of drug-likeness (QED) is 0.881. The molecule has 2 aromatic heterocycles. The summed E-state index contributed by atoms with van der Waals surface area (Å²) in [6.45, 7) is 0.737. The zero-order chi connectivity index (χ0) is 11.7. The first kappa shape index (κ1) is 10.5. The lowest BCUT2D eigenvalue weighted by molar-refractivity contribution is -0.124. The summed E-state index contributed by atoms with van der Waals surface area (Å²) in [5, 5.41) is 10.6. The fraction of sp³-hybridized carbons (Fsp3) is 0.364. The van der Waals surface area contributed by atoms with Gasteiger partial charge in [-0.25, -0.2) is 0 Å². The highest BCUT2D eigenvalue weighted by atomic mass is 32.1. The van der Waals surface area contributed by atoms with E-state index in [1.165, 1.54) is 0 Å². The van der Waals surface area contributed by atoms with E-state index in [1.807, 2.05) is 16.8 Å². The van der Waals surface area contributed by atoms with Crippen molar-refractivity contribution in [3.8, 4) is 11.4 Å². The van der Waals surface area contributed by atoms with Crippen LogP contribution >= 0.6 is 11.3 Å². The Morgan fingerprint density at radius 1 is 1.53 bits per heavy atom. The molecule has 0 bridgehead atoms. The SMILES string of the molecule is O=C1NCCC[C@H]1c1nc(-c2ccsc2)no1. The van der Waals surface area contributed by atoms with Crippen LogP contribution in [-0.2, 0) is 4.79 Å². The minimum Gasteiger partial charge on any atom is -0.355 e. The van der Waals surface area contributed by atoms with E-state index < -0.39 is 0 Å². The van der Waals surface area contributed by atoms with Crippen LogP contribution in [0, 0.1) is 0 Å². The first-order chi connectivity index (χ1) is 8.34. The molecule has 1 fully saturated rings. The van der Waals surface area contributed by atoms with Gasteiger partial charge in [-0.1, -0.05) is 5.16 Å². The molecule has 1 N–H and O–H groups in total. The molecule has 6 heteroatoms. The van der Waals surface area contributed by atoms with Gasteiger partial charge in [-0.2, -0.15) is 16.3 Å². The zero-order valence-electron chi connectivity index (χ0n) is 9.05. The molecule has 0 aromatic carbocycles. The molecule has 0 aliphatic carbocycles. The minimum atomic E-state index is -0.288. The summed E-state index contributed by atoms with van der Waals surface area (Å²) in [5.41, 5.74) is 0.932. The molecule has 0 radical (unpaired) electrons. The van der Waals surface area contributed by atoms with E-state index in [0.717, 1.165) is 24.9 Å². The number of hydrogen-bond donors (Lipinski definition) is 1. The highest BCUT2D eigenvalue weighted by Gasteiger charge is 2.29. The van der Waals surface area contributed by atoms with Gasteiger partial charge in [0, 0.05) is 17.5 Å². The average Bonchev–Trinajstić information content (AvgIpc) is 3.00. The Labute approximate surface area is 102 Å². The number of aromatic nitrogens is 2. The Balaban J connectivity index is 1.87. The highest BCUT2D eigenvalue weighted by Crippen LogP contribution is 2.26. The average molecular weight is 249 g/mol. The van der Waals surface area contributed by atoms with Gasteiger partial charge in [-0.15, -0.1) is 0 Å². The molecule has 88 valence electrons. The van der Waals surface area contributed by atoms with E-state index in [2.05, 4.69) is 15.5 Å². The molecular formula is C11H11N3O2S. The molecule has 1 amide bonds. The molecule has 5 nitrogen and oxygen atoms in total. The van der Waals surface area contributed by atoms with Crippen LogP contribution in [0.15, 0.2) is 21.3 Å². The molecule has 17 heavy (non-hydrogen) atoms. The molecule has 2 aromatic rings. The predicted molar refractivity (Wildman–Crippen MR) is 62.6 cm³/mol. The Morgan fingerprint density at radius 3 is 3.24 bits per heavy atom. The second kappa shape index (κ2) is 4.29. The van der Waals surface area contributed by atoms with Crippen LogP contribution < -0.4 is 5.32 Å². The second-order valence-electron chi connectivity index (χ2n) is 3.95. The number of piperidine rings is 1. The van der Waals surface area contributed by atoms with Crippen molar-refractivity contribution in [3.05, 3.63) is 22.7 Å². The summed E-state index contributed by atoms with van der Waals surface area (Å²) >= 11 is 1.58. The highest BCUT2D eigenvalue weighted by molar-refractivity contribution is 7.08. The lowest BCUT2D eigenvalue weighted by Crippen LogP contribution is -2.35. The van der Waals surface area contributed by atoms with Crippen molar-refractivity contribution in [2.45, 2.75) is 18.8 Å². The van der Waals surface area contributed by atoms with Crippen LogP contribution in [0.1, 0.15) is 24.7 Å². The number of nitrogens with zero attached hydrogens (tertiary/aromatic N) is 2. The summed E-state index contributed by atoms with van der Waals surface area (Å²) in [6.07, 6.45) is 1.73. The van der Waals surface area contributed by atoms with Gasteiger partial charge in [0.1, 0.15) is 5.92 Å².